The van der Waals surface area contributed by atoms with Crippen LogP contribution in [0.1, 0.15) is 49.3 Å². The molecule has 0 atom stereocenters. The first kappa shape index (κ1) is 13.6. The van der Waals surface area contributed by atoms with E-state index >= 15 is 0 Å². The van der Waals surface area contributed by atoms with Crippen molar-refractivity contribution in [2.75, 3.05) is 5.33 Å². The Morgan fingerprint density at radius 1 is 1.56 bits per heavy atom. The Kier molecular flexibility index (Phi) is 4.10. The highest BCUT2D eigenvalue weighted by atomic mass is 79.9. The van der Waals surface area contributed by atoms with Gasteiger partial charge in [0.25, 0.3) is 5.91 Å². The number of alkyl halides is 1. The van der Waals surface area contributed by atoms with E-state index in [4.69, 9.17) is 0 Å². The van der Waals surface area contributed by atoms with Crippen molar-refractivity contribution < 1.29 is 4.79 Å². The van der Waals surface area contributed by atoms with E-state index in [1.807, 2.05) is 13.0 Å². The monoisotopic (exact) mass is 313 g/mol. The fraction of sp³-hybridized carbons (Fsp3) is 0.692. The quantitative estimate of drug-likeness (QED) is 0.849. The van der Waals surface area contributed by atoms with E-state index in [2.05, 4.69) is 33.3 Å². The fourth-order valence-corrected chi connectivity index (χ4v) is 2.97. The molecule has 1 aliphatic rings. The molecule has 0 spiro atoms. The van der Waals surface area contributed by atoms with Crippen LogP contribution in [0.3, 0.4) is 0 Å². The summed E-state index contributed by atoms with van der Waals surface area (Å²) >= 11 is 3.50. The van der Waals surface area contributed by atoms with Crippen LogP contribution in [0.4, 0.5) is 0 Å². The second-order valence-electron chi connectivity index (χ2n) is 4.91. The fourth-order valence-electron chi connectivity index (χ4n) is 2.27. The summed E-state index contributed by atoms with van der Waals surface area (Å²) < 4.78 is 1.79. The normalized spacial score (nSPS) is 17.3. The number of hydrogen-bond donors (Lipinski definition) is 1. The van der Waals surface area contributed by atoms with Gasteiger partial charge in [0.2, 0.25) is 0 Å². The Bertz CT molecular complexity index is 432. The molecule has 1 amide bonds. The lowest BCUT2D eigenvalue weighted by atomic mass is 9.78. The predicted octanol–water partition coefficient (Wildman–Crippen LogP) is 2.51. The van der Waals surface area contributed by atoms with E-state index in [-0.39, 0.29) is 11.4 Å². The van der Waals surface area contributed by atoms with Gasteiger partial charge in [0.05, 0.1) is 11.2 Å². The molecule has 1 heterocycles. The Hall–Kier alpha value is -0.840. The minimum atomic E-state index is -0.0354. The number of hydrogen-bond acceptors (Lipinski definition) is 2. The van der Waals surface area contributed by atoms with Gasteiger partial charge in [-0.1, -0.05) is 22.9 Å². The van der Waals surface area contributed by atoms with Gasteiger partial charge in [-0.15, -0.1) is 0 Å². The van der Waals surface area contributed by atoms with E-state index < -0.39 is 0 Å². The van der Waals surface area contributed by atoms with Crippen LogP contribution in [-0.2, 0) is 13.0 Å². The van der Waals surface area contributed by atoms with Gasteiger partial charge in [-0.3, -0.25) is 9.48 Å². The first-order valence-electron chi connectivity index (χ1n) is 6.59. The average Bonchev–Trinajstić information content (AvgIpc) is 2.77. The van der Waals surface area contributed by atoms with E-state index in [0.29, 0.717) is 5.69 Å². The van der Waals surface area contributed by atoms with Crippen molar-refractivity contribution >= 4 is 21.8 Å². The lowest BCUT2D eigenvalue weighted by Crippen LogP contribution is -2.55. The minimum absolute atomic E-state index is 0.00296. The summed E-state index contributed by atoms with van der Waals surface area (Å²) in [4.78, 5) is 12.3. The summed E-state index contributed by atoms with van der Waals surface area (Å²) in [6.45, 7) is 4.78. The van der Waals surface area contributed by atoms with Gasteiger partial charge in [0.1, 0.15) is 5.69 Å². The van der Waals surface area contributed by atoms with Gasteiger partial charge in [-0.2, -0.15) is 5.10 Å². The molecule has 2 rings (SSSR count). The number of nitrogens with zero attached hydrogens (tertiary/aromatic N) is 2. The molecular weight excluding hydrogens is 294 g/mol. The molecular formula is C13H20BrN3O. The maximum Gasteiger partial charge on any atom is 0.270 e. The molecule has 0 bridgehead atoms. The lowest BCUT2D eigenvalue weighted by Gasteiger charge is -2.41. The second-order valence-corrected chi connectivity index (χ2v) is 5.47. The number of halogens is 1. The molecule has 100 valence electrons. The summed E-state index contributed by atoms with van der Waals surface area (Å²) in [6.07, 6.45) is 4.17. The third-order valence-corrected chi connectivity index (χ3v) is 4.74. The van der Waals surface area contributed by atoms with E-state index in [1.54, 1.807) is 4.68 Å². The summed E-state index contributed by atoms with van der Waals surface area (Å²) in [5.41, 5.74) is 1.62. The summed E-state index contributed by atoms with van der Waals surface area (Å²) in [5.74, 6) is 0.00296. The number of nitrogens with one attached hydrogen (secondary N) is 1. The second kappa shape index (κ2) is 5.43. The third kappa shape index (κ3) is 2.46. The summed E-state index contributed by atoms with van der Waals surface area (Å²) in [7, 11) is 0. The van der Waals surface area contributed by atoms with Gasteiger partial charge < -0.3 is 5.32 Å². The van der Waals surface area contributed by atoms with E-state index in [9.17, 15) is 4.79 Å². The Morgan fingerprint density at radius 3 is 2.72 bits per heavy atom. The Balaban J connectivity index is 2.15. The number of rotatable bonds is 5. The van der Waals surface area contributed by atoms with Crippen LogP contribution in [0.5, 0.6) is 0 Å². The zero-order valence-electron chi connectivity index (χ0n) is 11.0. The highest BCUT2D eigenvalue weighted by Gasteiger charge is 2.37. The van der Waals surface area contributed by atoms with Crippen molar-refractivity contribution in [3.8, 4) is 0 Å². The Labute approximate surface area is 116 Å². The molecule has 0 unspecified atom stereocenters. The zero-order valence-corrected chi connectivity index (χ0v) is 12.6. The van der Waals surface area contributed by atoms with Crippen molar-refractivity contribution in [2.45, 2.75) is 51.6 Å². The summed E-state index contributed by atoms with van der Waals surface area (Å²) in [5, 5.41) is 8.40. The van der Waals surface area contributed by atoms with Crippen molar-refractivity contribution in [3.63, 3.8) is 0 Å². The molecule has 0 aromatic carbocycles. The van der Waals surface area contributed by atoms with Crippen LogP contribution in [0.2, 0.25) is 0 Å². The topological polar surface area (TPSA) is 46.9 Å². The van der Waals surface area contributed by atoms with Crippen LogP contribution in [-0.4, -0.2) is 26.6 Å². The van der Waals surface area contributed by atoms with Gasteiger partial charge >= 0.3 is 0 Å². The lowest BCUT2D eigenvalue weighted by molar-refractivity contribution is 0.0845. The molecule has 4 nitrogen and oxygen atoms in total. The van der Waals surface area contributed by atoms with Gasteiger partial charge in [-0.05, 0) is 38.7 Å². The van der Waals surface area contributed by atoms with Crippen LogP contribution < -0.4 is 5.32 Å². The molecule has 1 aromatic heterocycles. The van der Waals surface area contributed by atoms with Gasteiger partial charge in [-0.25, -0.2) is 0 Å². The van der Waals surface area contributed by atoms with Crippen LogP contribution in [0.15, 0.2) is 6.07 Å². The van der Waals surface area contributed by atoms with Gasteiger partial charge in [0.15, 0.2) is 0 Å². The molecule has 0 aliphatic heterocycles. The number of amides is 1. The first-order valence-corrected chi connectivity index (χ1v) is 7.71. The van der Waals surface area contributed by atoms with Crippen molar-refractivity contribution in [1.82, 2.24) is 15.1 Å². The first-order chi connectivity index (χ1) is 8.64. The van der Waals surface area contributed by atoms with Crippen molar-refractivity contribution in [3.05, 3.63) is 17.5 Å². The third-order valence-electron chi connectivity index (χ3n) is 3.67. The largest absolute Gasteiger partial charge is 0.344 e. The molecule has 1 fully saturated rings. The SMILES string of the molecule is CCc1cc(C(=O)NC2(CBr)CCC2)n(CC)n1. The minimum Gasteiger partial charge on any atom is -0.344 e. The predicted molar refractivity (Wildman–Crippen MR) is 75.1 cm³/mol. The summed E-state index contributed by atoms with van der Waals surface area (Å²) in [6, 6.07) is 1.90. The number of carbonyl (C=O) groups is 1. The number of carbonyl (C=O) groups excluding carboxylic acids is 1. The maximum atomic E-state index is 12.3. The van der Waals surface area contributed by atoms with E-state index in [0.717, 1.165) is 36.8 Å². The molecule has 1 aliphatic carbocycles. The smallest absolute Gasteiger partial charge is 0.270 e. The highest BCUT2D eigenvalue weighted by Crippen LogP contribution is 2.33. The Morgan fingerprint density at radius 2 is 2.28 bits per heavy atom. The van der Waals surface area contributed by atoms with Crippen molar-refractivity contribution in [2.24, 2.45) is 0 Å². The molecule has 1 N–H and O–H groups in total. The van der Waals surface area contributed by atoms with E-state index in [1.165, 1.54) is 6.42 Å². The molecule has 0 radical (unpaired) electrons. The maximum absolute atomic E-state index is 12.3. The van der Waals surface area contributed by atoms with Crippen LogP contribution >= 0.6 is 15.9 Å². The molecule has 1 saturated carbocycles. The highest BCUT2D eigenvalue weighted by molar-refractivity contribution is 9.09. The van der Waals surface area contributed by atoms with Crippen molar-refractivity contribution in [1.29, 1.82) is 0 Å². The van der Waals surface area contributed by atoms with Crippen LogP contribution in [0, 0.1) is 0 Å². The average molecular weight is 314 g/mol. The number of aryl methyl sites for hydroxylation is 2. The molecule has 18 heavy (non-hydrogen) atoms. The molecule has 5 heteroatoms. The number of aromatic nitrogens is 2. The zero-order chi connectivity index (χ0) is 13.2. The molecule has 1 aromatic rings. The standard InChI is InChI=1S/C13H20BrN3O/c1-3-10-8-11(17(4-2)16-10)12(18)15-13(9-14)6-5-7-13/h8H,3-7,9H2,1-2H3,(H,15,18). The van der Waals surface area contributed by atoms with Crippen LogP contribution in [0.25, 0.3) is 0 Å². The molecule has 0 saturated heterocycles. The van der Waals surface area contributed by atoms with Gasteiger partial charge in [0, 0.05) is 11.9 Å².